The summed E-state index contributed by atoms with van der Waals surface area (Å²) in [6.45, 7) is 0.326. The van der Waals surface area contributed by atoms with E-state index in [1.165, 1.54) is 0 Å². The van der Waals surface area contributed by atoms with Gasteiger partial charge in [-0.1, -0.05) is 30.3 Å². The highest BCUT2D eigenvalue weighted by molar-refractivity contribution is 5.85. The molecule has 0 spiro atoms. The maximum atomic E-state index is 11.5. The molecule has 1 rings (SSSR count). The Balaban J connectivity index is 2.41. The SMILES string of the molecule is O=CN[C@@H](CC(=O)NCc1ccccc1)C(=O)O. The first-order chi connectivity index (χ1) is 8.63. The predicted molar refractivity (Wildman–Crippen MR) is 63.5 cm³/mol. The van der Waals surface area contributed by atoms with Gasteiger partial charge < -0.3 is 15.7 Å². The lowest BCUT2D eigenvalue weighted by atomic mass is 10.2. The van der Waals surface area contributed by atoms with Gasteiger partial charge in [0, 0.05) is 6.54 Å². The molecule has 0 heterocycles. The van der Waals surface area contributed by atoms with E-state index < -0.39 is 17.9 Å². The second-order valence-corrected chi connectivity index (χ2v) is 3.64. The van der Waals surface area contributed by atoms with E-state index in [1.807, 2.05) is 30.3 Å². The number of amides is 2. The molecule has 96 valence electrons. The van der Waals surface area contributed by atoms with Gasteiger partial charge in [-0.05, 0) is 5.56 Å². The number of hydrogen-bond donors (Lipinski definition) is 3. The van der Waals surface area contributed by atoms with Gasteiger partial charge in [-0.15, -0.1) is 0 Å². The third-order valence-corrected chi connectivity index (χ3v) is 2.29. The number of carboxylic acids is 1. The van der Waals surface area contributed by atoms with Crippen molar-refractivity contribution >= 4 is 18.3 Å². The van der Waals surface area contributed by atoms with E-state index in [9.17, 15) is 14.4 Å². The Morgan fingerprint density at radius 1 is 1.28 bits per heavy atom. The monoisotopic (exact) mass is 250 g/mol. The number of benzene rings is 1. The van der Waals surface area contributed by atoms with Crippen LogP contribution >= 0.6 is 0 Å². The Morgan fingerprint density at radius 2 is 1.94 bits per heavy atom. The van der Waals surface area contributed by atoms with Crippen LogP contribution in [0.5, 0.6) is 0 Å². The first-order valence-corrected chi connectivity index (χ1v) is 5.36. The van der Waals surface area contributed by atoms with E-state index in [0.717, 1.165) is 5.56 Å². The summed E-state index contributed by atoms with van der Waals surface area (Å²) < 4.78 is 0. The highest BCUT2D eigenvalue weighted by atomic mass is 16.4. The van der Waals surface area contributed by atoms with Gasteiger partial charge >= 0.3 is 5.97 Å². The van der Waals surface area contributed by atoms with Gasteiger partial charge in [0.2, 0.25) is 12.3 Å². The molecule has 0 bridgehead atoms. The molecule has 0 radical (unpaired) electrons. The highest BCUT2D eigenvalue weighted by Gasteiger charge is 2.19. The molecule has 0 unspecified atom stereocenters. The summed E-state index contributed by atoms with van der Waals surface area (Å²) in [5.41, 5.74) is 0.918. The Labute approximate surface area is 104 Å². The van der Waals surface area contributed by atoms with Gasteiger partial charge in [0.05, 0.1) is 6.42 Å². The molecule has 2 amide bonds. The van der Waals surface area contributed by atoms with E-state index in [2.05, 4.69) is 10.6 Å². The maximum Gasteiger partial charge on any atom is 0.326 e. The minimum absolute atomic E-state index is 0.267. The zero-order valence-corrected chi connectivity index (χ0v) is 9.63. The molecule has 1 aromatic rings. The molecule has 0 saturated heterocycles. The number of aliphatic carboxylic acids is 1. The first kappa shape index (κ1) is 13.7. The van der Waals surface area contributed by atoms with E-state index in [-0.39, 0.29) is 12.8 Å². The summed E-state index contributed by atoms with van der Waals surface area (Å²) in [6, 6.07) is 8.04. The van der Waals surface area contributed by atoms with Crippen molar-refractivity contribution in [2.45, 2.75) is 19.0 Å². The van der Waals surface area contributed by atoms with Crippen molar-refractivity contribution in [3.8, 4) is 0 Å². The fraction of sp³-hybridized carbons (Fsp3) is 0.250. The zero-order chi connectivity index (χ0) is 13.4. The normalized spacial score (nSPS) is 11.3. The van der Waals surface area contributed by atoms with Gasteiger partial charge in [-0.2, -0.15) is 0 Å². The molecule has 0 aliphatic rings. The molecule has 6 nitrogen and oxygen atoms in total. The summed E-state index contributed by atoms with van der Waals surface area (Å²) in [5, 5.41) is 13.4. The summed E-state index contributed by atoms with van der Waals surface area (Å²) in [4.78, 5) is 32.3. The predicted octanol–water partition coefficient (Wildman–Crippen LogP) is -0.108. The van der Waals surface area contributed by atoms with Crippen molar-refractivity contribution < 1.29 is 19.5 Å². The third-order valence-electron chi connectivity index (χ3n) is 2.29. The summed E-state index contributed by atoms with van der Waals surface area (Å²) in [7, 11) is 0. The number of hydrogen-bond acceptors (Lipinski definition) is 3. The molecule has 3 N–H and O–H groups in total. The lowest BCUT2D eigenvalue weighted by molar-refractivity contribution is -0.142. The Bertz CT molecular complexity index is 419. The standard InChI is InChI=1S/C12H14N2O4/c15-8-14-10(12(17)18)6-11(16)13-7-9-4-2-1-3-5-9/h1-5,8,10H,6-7H2,(H,13,16)(H,14,15)(H,17,18)/t10-/m0/s1. The van der Waals surface area contributed by atoms with Crippen LogP contribution in [0, 0.1) is 0 Å². The van der Waals surface area contributed by atoms with Crippen LogP contribution in [0.4, 0.5) is 0 Å². The number of nitrogens with one attached hydrogen (secondary N) is 2. The summed E-state index contributed by atoms with van der Waals surface area (Å²) in [5.74, 6) is -1.67. The second kappa shape index (κ2) is 7.05. The molecule has 6 heteroatoms. The quantitative estimate of drug-likeness (QED) is 0.588. The minimum Gasteiger partial charge on any atom is -0.480 e. The van der Waals surface area contributed by atoms with Crippen LogP contribution in [0.2, 0.25) is 0 Å². The Morgan fingerprint density at radius 3 is 2.50 bits per heavy atom. The van der Waals surface area contributed by atoms with Crippen molar-refractivity contribution in [1.82, 2.24) is 10.6 Å². The van der Waals surface area contributed by atoms with E-state index in [1.54, 1.807) is 0 Å². The highest BCUT2D eigenvalue weighted by Crippen LogP contribution is 1.98. The van der Waals surface area contributed by atoms with Crippen LogP contribution in [0.25, 0.3) is 0 Å². The summed E-state index contributed by atoms with van der Waals surface area (Å²) in [6.07, 6.45) is -0.0236. The lowest BCUT2D eigenvalue weighted by Gasteiger charge is -2.11. The molecule has 1 atom stereocenters. The summed E-state index contributed by atoms with van der Waals surface area (Å²) >= 11 is 0. The number of carboxylic acid groups (broad SMARTS) is 1. The lowest BCUT2D eigenvalue weighted by Crippen LogP contribution is -2.40. The van der Waals surface area contributed by atoms with Crippen molar-refractivity contribution in [3.05, 3.63) is 35.9 Å². The molecule has 0 saturated carbocycles. The largest absolute Gasteiger partial charge is 0.480 e. The van der Waals surface area contributed by atoms with Crippen LogP contribution < -0.4 is 10.6 Å². The van der Waals surface area contributed by atoms with E-state index >= 15 is 0 Å². The molecular formula is C12H14N2O4. The van der Waals surface area contributed by atoms with Crippen molar-refractivity contribution in [2.24, 2.45) is 0 Å². The first-order valence-electron chi connectivity index (χ1n) is 5.36. The van der Waals surface area contributed by atoms with Gasteiger partial charge in [0.1, 0.15) is 6.04 Å². The maximum absolute atomic E-state index is 11.5. The van der Waals surface area contributed by atoms with E-state index in [4.69, 9.17) is 5.11 Å². The average Bonchev–Trinajstić information content (AvgIpc) is 2.37. The molecule has 0 aromatic heterocycles. The number of carbonyl (C=O) groups excluding carboxylic acids is 2. The molecular weight excluding hydrogens is 236 g/mol. The van der Waals surface area contributed by atoms with Crippen LogP contribution in [-0.4, -0.2) is 29.4 Å². The van der Waals surface area contributed by atoms with Crippen LogP contribution in [0.1, 0.15) is 12.0 Å². The Kier molecular flexibility index (Phi) is 5.37. The van der Waals surface area contributed by atoms with Crippen LogP contribution in [0.15, 0.2) is 30.3 Å². The third kappa shape index (κ3) is 4.65. The molecule has 0 fully saturated rings. The fourth-order valence-electron chi connectivity index (χ4n) is 1.35. The van der Waals surface area contributed by atoms with Gasteiger partial charge in [-0.3, -0.25) is 9.59 Å². The second-order valence-electron chi connectivity index (χ2n) is 3.64. The molecule has 18 heavy (non-hydrogen) atoms. The van der Waals surface area contributed by atoms with E-state index in [0.29, 0.717) is 6.54 Å². The average molecular weight is 250 g/mol. The molecule has 0 aliphatic carbocycles. The van der Waals surface area contributed by atoms with Crippen molar-refractivity contribution in [2.75, 3.05) is 0 Å². The molecule has 0 aliphatic heterocycles. The number of rotatable bonds is 7. The zero-order valence-electron chi connectivity index (χ0n) is 9.63. The molecule has 1 aromatic carbocycles. The van der Waals surface area contributed by atoms with Crippen molar-refractivity contribution in [3.63, 3.8) is 0 Å². The van der Waals surface area contributed by atoms with Crippen molar-refractivity contribution in [1.29, 1.82) is 0 Å². The van der Waals surface area contributed by atoms with Gasteiger partial charge in [0.15, 0.2) is 0 Å². The topological polar surface area (TPSA) is 95.5 Å². The van der Waals surface area contributed by atoms with Gasteiger partial charge in [-0.25, -0.2) is 4.79 Å². The van der Waals surface area contributed by atoms with Gasteiger partial charge in [0.25, 0.3) is 0 Å². The van der Waals surface area contributed by atoms with Crippen LogP contribution in [-0.2, 0) is 20.9 Å². The minimum atomic E-state index is -1.24. The smallest absolute Gasteiger partial charge is 0.326 e. The van der Waals surface area contributed by atoms with Crippen LogP contribution in [0.3, 0.4) is 0 Å². The number of carbonyl (C=O) groups is 3. The Hall–Kier alpha value is -2.37. The fourth-order valence-corrected chi connectivity index (χ4v) is 1.35.